The Kier molecular flexibility index (Phi) is 2.99. The van der Waals surface area contributed by atoms with Gasteiger partial charge in [0.25, 0.3) is 5.92 Å². The van der Waals surface area contributed by atoms with Gasteiger partial charge < -0.3 is 5.11 Å². The Morgan fingerprint density at radius 2 is 2.33 bits per heavy atom. The van der Waals surface area contributed by atoms with Crippen LogP contribution in [0.2, 0.25) is 0 Å². The van der Waals surface area contributed by atoms with Crippen LogP contribution in [0.15, 0.2) is 12.4 Å². The maximum Gasteiger partial charge on any atom is 0.289 e. The molecule has 0 radical (unpaired) electrons. The van der Waals surface area contributed by atoms with E-state index in [1.807, 2.05) is 22.6 Å². The van der Waals surface area contributed by atoms with Crippen molar-refractivity contribution >= 4 is 22.6 Å². The van der Waals surface area contributed by atoms with Crippen molar-refractivity contribution in [3.63, 3.8) is 0 Å². The number of nitrogens with zero attached hydrogens (tertiary/aromatic N) is 2. The van der Waals surface area contributed by atoms with Gasteiger partial charge in [0.1, 0.15) is 13.2 Å². The summed E-state index contributed by atoms with van der Waals surface area (Å²) in [7, 11) is 0. The van der Waals surface area contributed by atoms with Crippen LogP contribution in [0, 0.1) is 3.57 Å². The molecule has 0 aliphatic carbocycles. The fraction of sp³-hybridized carbons (Fsp3) is 0.500. The summed E-state index contributed by atoms with van der Waals surface area (Å²) in [5.74, 6) is -3.09. The van der Waals surface area contributed by atoms with Crippen LogP contribution in [0.1, 0.15) is 0 Å². The van der Waals surface area contributed by atoms with Gasteiger partial charge in [-0.15, -0.1) is 0 Å². The van der Waals surface area contributed by atoms with Crippen molar-refractivity contribution in [2.24, 2.45) is 0 Å². The molecule has 0 spiro atoms. The molecule has 0 bridgehead atoms. The van der Waals surface area contributed by atoms with Gasteiger partial charge in [0.15, 0.2) is 0 Å². The Balaban J connectivity index is 2.63. The molecule has 0 saturated carbocycles. The maximum atomic E-state index is 12.5. The number of alkyl halides is 2. The third kappa shape index (κ3) is 2.67. The molecule has 6 heteroatoms. The van der Waals surface area contributed by atoms with Crippen molar-refractivity contribution < 1.29 is 13.9 Å². The number of hydrogen-bond acceptors (Lipinski definition) is 2. The minimum Gasteiger partial charge on any atom is -0.390 e. The minimum absolute atomic E-state index is 0.577. The lowest BCUT2D eigenvalue weighted by atomic mass is 10.4. The summed E-state index contributed by atoms with van der Waals surface area (Å²) in [5.41, 5.74) is 0. The number of halogens is 3. The Hall–Kier alpha value is -0.240. The zero-order chi connectivity index (χ0) is 9.19. The predicted molar refractivity (Wildman–Crippen MR) is 47.0 cm³/mol. The molecule has 0 aliphatic heterocycles. The number of aliphatic hydroxyl groups is 1. The second-order valence-electron chi connectivity index (χ2n) is 2.37. The SMILES string of the molecule is OCC(F)(F)Cn1cc(I)cn1. The van der Waals surface area contributed by atoms with E-state index in [1.165, 1.54) is 12.4 Å². The Morgan fingerprint density at radius 3 is 2.75 bits per heavy atom. The van der Waals surface area contributed by atoms with Crippen LogP contribution in [0.3, 0.4) is 0 Å². The molecule has 0 amide bonds. The average Bonchev–Trinajstić information content (AvgIpc) is 2.35. The topological polar surface area (TPSA) is 38.0 Å². The lowest BCUT2D eigenvalue weighted by Crippen LogP contribution is -2.28. The molecule has 1 rings (SSSR count). The molecule has 3 nitrogen and oxygen atoms in total. The van der Waals surface area contributed by atoms with Crippen LogP contribution in [-0.2, 0) is 6.54 Å². The van der Waals surface area contributed by atoms with Crippen molar-refractivity contribution in [2.45, 2.75) is 12.5 Å². The molecule has 0 aromatic carbocycles. The Labute approximate surface area is 81.5 Å². The Bertz CT molecular complexity index is 264. The highest BCUT2D eigenvalue weighted by Gasteiger charge is 2.28. The van der Waals surface area contributed by atoms with E-state index in [2.05, 4.69) is 5.10 Å². The molecule has 1 N–H and O–H groups in total. The molecule has 12 heavy (non-hydrogen) atoms. The zero-order valence-corrected chi connectivity index (χ0v) is 8.20. The second kappa shape index (κ2) is 3.65. The third-order valence-electron chi connectivity index (χ3n) is 1.23. The van der Waals surface area contributed by atoms with Gasteiger partial charge in [0.2, 0.25) is 0 Å². The van der Waals surface area contributed by atoms with Crippen LogP contribution >= 0.6 is 22.6 Å². The van der Waals surface area contributed by atoms with Crippen molar-refractivity contribution in [1.29, 1.82) is 0 Å². The lowest BCUT2D eigenvalue weighted by molar-refractivity contribution is -0.0652. The van der Waals surface area contributed by atoms with Crippen LogP contribution in [0.25, 0.3) is 0 Å². The molecule has 1 heterocycles. The van der Waals surface area contributed by atoms with Gasteiger partial charge >= 0.3 is 0 Å². The molecule has 1 aromatic heterocycles. The number of hydrogen-bond donors (Lipinski definition) is 1. The van der Waals surface area contributed by atoms with Crippen molar-refractivity contribution in [1.82, 2.24) is 9.78 Å². The quantitative estimate of drug-likeness (QED) is 0.846. The third-order valence-corrected chi connectivity index (χ3v) is 1.78. The van der Waals surface area contributed by atoms with Gasteiger partial charge in [-0.05, 0) is 22.6 Å². The maximum absolute atomic E-state index is 12.5. The van der Waals surface area contributed by atoms with Gasteiger partial charge in [0.05, 0.1) is 9.77 Å². The Morgan fingerprint density at radius 1 is 1.67 bits per heavy atom. The molecule has 0 aliphatic rings. The summed E-state index contributed by atoms with van der Waals surface area (Å²) in [6.45, 7) is -1.73. The second-order valence-corrected chi connectivity index (χ2v) is 3.62. The molecule has 0 fully saturated rings. The van der Waals surface area contributed by atoms with E-state index in [1.54, 1.807) is 0 Å². The summed E-state index contributed by atoms with van der Waals surface area (Å²) >= 11 is 1.97. The number of rotatable bonds is 3. The number of aliphatic hydroxyl groups excluding tert-OH is 1. The van der Waals surface area contributed by atoms with Gasteiger partial charge in [-0.1, -0.05) is 0 Å². The highest BCUT2D eigenvalue weighted by molar-refractivity contribution is 14.1. The van der Waals surface area contributed by atoms with Crippen LogP contribution < -0.4 is 0 Å². The van der Waals surface area contributed by atoms with E-state index in [0.717, 1.165) is 8.25 Å². The van der Waals surface area contributed by atoms with E-state index >= 15 is 0 Å². The summed E-state index contributed by atoms with van der Waals surface area (Å²) in [5, 5.41) is 11.9. The van der Waals surface area contributed by atoms with Crippen molar-refractivity contribution in [3.8, 4) is 0 Å². The average molecular weight is 288 g/mol. The van der Waals surface area contributed by atoms with E-state index in [0.29, 0.717) is 0 Å². The highest BCUT2D eigenvalue weighted by Crippen LogP contribution is 2.15. The molecule has 68 valence electrons. The normalized spacial score (nSPS) is 12.0. The molecule has 0 saturated heterocycles. The van der Waals surface area contributed by atoms with E-state index in [9.17, 15) is 8.78 Å². The predicted octanol–water partition coefficient (Wildman–Crippen LogP) is 1.12. The molecule has 1 aromatic rings. The van der Waals surface area contributed by atoms with E-state index < -0.39 is 19.1 Å². The summed E-state index contributed by atoms with van der Waals surface area (Å²) in [4.78, 5) is 0. The first kappa shape index (κ1) is 9.85. The zero-order valence-electron chi connectivity index (χ0n) is 6.04. The fourth-order valence-corrected chi connectivity index (χ4v) is 1.16. The van der Waals surface area contributed by atoms with Gasteiger partial charge in [-0.3, -0.25) is 4.68 Å². The highest BCUT2D eigenvalue weighted by atomic mass is 127. The molecular weight excluding hydrogens is 281 g/mol. The minimum atomic E-state index is -3.09. The van der Waals surface area contributed by atoms with Gasteiger partial charge in [0, 0.05) is 6.20 Å². The van der Waals surface area contributed by atoms with Gasteiger partial charge in [-0.25, -0.2) is 8.78 Å². The monoisotopic (exact) mass is 288 g/mol. The summed E-state index contributed by atoms with van der Waals surface area (Å²) in [6, 6.07) is 0. The first-order valence-corrected chi connectivity index (χ1v) is 4.28. The lowest BCUT2D eigenvalue weighted by Gasteiger charge is -2.12. The largest absolute Gasteiger partial charge is 0.390 e. The summed E-state index contributed by atoms with van der Waals surface area (Å²) in [6.07, 6.45) is 2.97. The first-order valence-electron chi connectivity index (χ1n) is 3.20. The smallest absolute Gasteiger partial charge is 0.289 e. The van der Waals surface area contributed by atoms with Gasteiger partial charge in [-0.2, -0.15) is 5.10 Å². The van der Waals surface area contributed by atoms with Crippen LogP contribution in [0.4, 0.5) is 8.78 Å². The van der Waals surface area contributed by atoms with E-state index in [-0.39, 0.29) is 0 Å². The first-order chi connectivity index (χ1) is 5.53. The fourth-order valence-electron chi connectivity index (χ4n) is 0.712. The molecule has 0 unspecified atom stereocenters. The standard InChI is InChI=1S/C6H7F2IN2O/c7-6(8,4-12)3-11-2-5(9)1-10-11/h1-2,12H,3-4H2. The molecule has 0 atom stereocenters. The number of aromatic nitrogens is 2. The molecular formula is C6H7F2IN2O. The van der Waals surface area contributed by atoms with Crippen molar-refractivity contribution in [3.05, 3.63) is 16.0 Å². The van der Waals surface area contributed by atoms with E-state index in [4.69, 9.17) is 5.11 Å². The summed E-state index contributed by atoms with van der Waals surface area (Å²) < 4.78 is 27.0. The van der Waals surface area contributed by atoms with Crippen LogP contribution in [-0.4, -0.2) is 27.4 Å². The van der Waals surface area contributed by atoms with Crippen LogP contribution in [0.5, 0.6) is 0 Å². The van der Waals surface area contributed by atoms with Crippen molar-refractivity contribution in [2.75, 3.05) is 6.61 Å².